The molecule has 7 heteroatoms. The number of hydrogen-bond acceptors (Lipinski definition) is 5. The molecule has 1 aliphatic carbocycles. The number of urea groups is 1. The van der Waals surface area contributed by atoms with Gasteiger partial charge in [0.15, 0.2) is 5.78 Å². The molecule has 34 heavy (non-hydrogen) atoms. The van der Waals surface area contributed by atoms with Gasteiger partial charge in [0.05, 0.1) is 0 Å². The van der Waals surface area contributed by atoms with E-state index >= 15 is 0 Å². The highest BCUT2D eigenvalue weighted by Gasteiger charge is 2.41. The number of piperidine rings is 1. The van der Waals surface area contributed by atoms with E-state index in [-0.39, 0.29) is 17.9 Å². The van der Waals surface area contributed by atoms with Gasteiger partial charge in [-0.25, -0.2) is 4.79 Å². The van der Waals surface area contributed by atoms with Crippen molar-refractivity contribution < 1.29 is 9.59 Å². The molecule has 0 radical (unpaired) electrons. The molecule has 2 fully saturated rings. The topological polar surface area (TPSA) is 59.1 Å². The summed E-state index contributed by atoms with van der Waals surface area (Å²) in [6.07, 6.45) is 5.30. The van der Waals surface area contributed by atoms with E-state index in [1.54, 1.807) is 0 Å². The van der Waals surface area contributed by atoms with Gasteiger partial charge in [0.25, 0.3) is 0 Å². The molecule has 1 aliphatic heterocycles. The van der Waals surface area contributed by atoms with Crippen molar-refractivity contribution in [1.29, 1.82) is 0 Å². The van der Waals surface area contributed by atoms with Crippen LogP contribution in [0.5, 0.6) is 0 Å². The first kappa shape index (κ1) is 26.2. The minimum atomic E-state index is -0.0130. The molecule has 1 aromatic rings. The lowest BCUT2D eigenvalue weighted by atomic mass is 9.74. The Balaban J connectivity index is 1.69. The van der Waals surface area contributed by atoms with E-state index in [1.165, 1.54) is 0 Å². The first-order valence-electron chi connectivity index (χ1n) is 12.6. The second kappa shape index (κ2) is 12.4. The summed E-state index contributed by atoms with van der Waals surface area (Å²) < 4.78 is 0. The Morgan fingerprint density at radius 1 is 1.12 bits per heavy atom. The predicted octanol–water partition coefficient (Wildman–Crippen LogP) is 3.04. The zero-order valence-corrected chi connectivity index (χ0v) is 21.7. The molecule has 2 aliphatic rings. The zero-order chi connectivity index (χ0) is 24.7. The lowest BCUT2D eigenvalue weighted by Gasteiger charge is -2.47. The van der Waals surface area contributed by atoms with Gasteiger partial charge in [-0.3, -0.25) is 9.69 Å². The van der Waals surface area contributed by atoms with E-state index in [2.05, 4.69) is 34.2 Å². The molecule has 1 heterocycles. The molecule has 7 nitrogen and oxygen atoms in total. The summed E-state index contributed by atoms with van der Waals surface area (Å²) in [5.41, 5.74) is 2.07. The Morgan fingerprint density at radius 2 is 1.85 bits per heavy atom. The van der Waals surface area contributed by atoms with Crippen molar-refractivity contribution in [3.05, 3.63) is 47.7 Å². The fourth-order valence-corrected chi connectivity index (χ4v) is 5.27. The number of likely N-dealkylation sites (N-methyl/N-ethyl adjacent to an activating group) is 1. The van der Waals surface area contributed by atoms with E-state index in [1.807, 2.05) is 62.4 Å². The van der Waals surface area contributed by atoms with Gasteiger partial charge >= 0.3 is 6.03 Å². The van der Waals surface area contributed by atoms with Crippen molar-refractivity contribution in [2.45, 2.75) is 51.2 Å². The average molecular weight is 470 g/mol. The van der Waals surface area contributed by atoms with Gasteiger partial charge in [-0.2, -0.15) is 0 Å². The second-order valence-corrected chi connectivity index (χ2v) is 10.4. The normalized spacial score (nSPS) is 24.2. The van der Waals surface area contributed by atoms with Crippen LogP contribution < -0.4 is 5.32 Å². The van der Waals surface area contributed by atoms with Crippen LogP contribution in [0.1, 0.15) is 38.2 Å². The van der Waals surface area contributed by atoms with Crippen molar-refractivity contribution in [3.63, 3.8) is 0 Å². The molecule has 3 rings (SSSR count). The number of rotatable bonds is 9. The smallest absolute Gasteiger partial charge is 0.318 e. The molecule has 3 atom stereocenters. The highest BCUT2D eigenvalue weighted by molar-refractivity contribution is 5.96. The Bertz CT molecular complexity index is 839. The fraction of sp³-hybridized carbons (Fsp3) is 0.630. The molecule has 0 unspecified atom stereocenters. The van der Waals surface area contributed by atoms with Crippen LogP contribution in [0.25, 0.3) is 0 Å². The molecule has 0 aromatic heterocycles. The van der Waals surface area contributed by atoms with Crippen molar-refractivity contribution in [2.24, 2.45) is 5.92 Å². The van der Waals surface area contributed by atoms with Gasteiger partial charge < -0.3 is 20.0 Å². The maximum absolute atomic E-state index is 13.4. The van der Waals surface area contributed by atoms with E-state index in [0.717, 1.165) is 50.0 Å². The second-order valence-electron chi connectivity index (χ2n) is 10.4. The number of carbonyl (C=O) groups excluding carboxylic acids is 2. The Hall–Kier alpha value is -2.38. The van der Waals surface area contributed by atoms with E-state index in [9.17, 15) is 9.59 Å². The van der Waals surface area contributed by atoms with Crippen LogP contribution in [0.15, 0.2) is 42.1 Å². The molecule has 0 bridgehead atoms. The van der Waals surface area contributed by atoms with Gasteiger partial charge in [-0.1, -0.05) is 37.3 Å². The summed E-state index contributed by atoms with van der Waals surface area (Å²) in [4.78, 5) is 34.7. The number of benzene rings is 1. The zero-order valence-electron chi connectivity index (χ0n) is 21.7. The Kier molecular flexibility index (Phi) is 9.54. The highest BCUT2D eigenvalue weighted by Crippen LogP contribution is 2.36. The fourth-order valence-electron chi connectivity index (χ4n) is 5.27. The standard InChI is InChI=1S/C27H43N5O2/c1-6-12-31-20-24(15-22-17-26(33)23(16-25(22)31)19-30(4)5)28-27(34)32(14-13-29(2)3)18-21-10-8-7-9-11-21/h7-11,19,22,24-25H,6,12-18,20H2,1-5H3,(H,28,34)/t22-,24+,25-/m1/s1. The number of Topliss-reactive ketones (excluding diaryl/α,β-unsaturated/α-hetero) is 1. The molecule has 0 spiro atoms. The lowest BCUT2D eigenvalue weighted by molar-refractivity contribution is -0.119. The predicted molar refractivity (Wildman–Crippen MR) is 137 cm³/mol. The molecule has 188 valence electrons. The quantitative estimate of drug-likeness (QED) is 0.564. The molecule has 1 aromatic carbocycles. The van der Waals surface area contributed by atoms with Crippen LogP contribution >= 0.6 is 0 Å². The largest absolute Gasteiger partial charge is 0.383 e. The molecular weight excluding hydrogens is 426 g/mol. The first-order chi connectivity index (χ1) is 16.3. The van der Waals surface area contributed by atoms with Crippen LogP contribution in [-0.4, -0.2) is 97.9 Å². The number of likely N-dealkylation sites (tertiary alicyclic amines) is 1. The number of nitrogens with zero attached hydrogens (tertiary/aromatic N) is 4. The maximum atomic E-state index is 13.4. The van der Waals surface area contributed by atoms with Gasteiger partial charge in [-0.05, 0) is 51.4 Å². The van der Waals surface area contributed by atoms with Crippen LogP contribution in [0.3, 0.4) is 0 Å². The number of nitrogens with one attached hydrogen (secondary N) is 1. The summed E-state index contributed by atoms with van der Waals surface area (Å²) >= 11 is 0. The third kappa shape index (κ3) is 7.31. The minimum Gasteiger partial charge on any atom is -0.383 e. The SMILES string of the molecule is CCCN1C[C@@H](NC(=O)N(CCN(C)C)Cc2ccccc2)C[C@@H]2CC(=O)C(=CN(C)C)C[C@H]21. The molecule has 1 saturated heterocycles. The van der Waals surface area contributed by atoms with E-state index < -0.39 is 0 Å². The van der Waals surface area contributed by atoms with Gasteiger partial charge in [0, 0.05) is 70.6 Å². The monoisotopic (exact) mass is 469 g/mol. The number of hydrogen-bond donors (Lipinski definition) is 1. The van der Waals surface area contributed by atoms with Gasteiger partial charge in [0.2, 0.25) is 0 Å². The lowest BCUT2D eigenvalue weighted by Crippen LogP contribution is -2.59. The van der Waals surface area contributed by atoms with Crippen LogP contribution in [0.4, 0.5) is 4.79 Å². The number of fused-ring (bicyclic) bond motifs is 1. The number of carbonyl (C=O) groups is 2. The first-order valence-corrected chi connectivity index (χ1v) is 12.6. The van der Waals surface area contributed by atoms with Crippen molar-refractivity contribution >= 4 is 11.8 Å². The Labute approximate surface area is 205 Å². The van der Waals surface area contributed by atoms with Crippen LogP contribution in [-0.2, 0) is 11.3 Å². The minimum absolute atomic E-state index is 0.0130. The Morgan fingerprint density at radius 3 is 2.50 bits per heavy atom. The molecule has 2 amide bonds. The van der Waals surface area contributed by atoms with Crippen LogP contribution in [0.2, 0.25) is 0 Å². The molecule has 1 saturated carbocycles. The van der Waals surface area contributed by atoms with Crippen molar-refractivity contribution in [2.75, 3.05) is 54.4 Å². The summed E-state index contributed by atoms with van der Waals surface area (Å²) in [7, 11) is 8.00. The van der Waals surface area contributed by atoms with Gasteiger partial charge in [0.1, 0.15) is 0 Å². The number of amides is 2. The van der Waals surface area contributed by atoms with Crippen LogP contribution in [0, 0.1) is 5.92 Å². The molecular formula is C27H43N5O2. The third-order valence-corrected chi connectivity index (χ3v) is 6.86. The van der Waals surface area contributed by atoms with Crippen molar-refractivity contribution in [3.8, 4) is 0 Å². The molecule has 1 N–H and O–H groups in total. The third-order valence-electron chi connectivity index (χ3n) is 6.86. The van der Waals surface area contributed by atoms with Crippen molar-refractivity contribution in [1.82, 2.24) is 24.9 Å². The average Bonchev–Trinajstić information content (AvgIpc) is 2.78. The summed E-state index contributed by atoms with van der Waals surface area (Å²) in [5, 5.41) is 3.34. The van der Waals surface area contributed by atoms with E-state index in [0.29, 0.717) is 31.5 Å². The maximum Gasteiger partial charge on any atom is 0.318 e. The van der Waals surface area contributed by atoms with Gasteiger partial charge in [-0.15, -0.1) is 0 Å². The summed E-state index contributed by atoms with van der Waals surface area (Å²) in [6.45, 7) is 6.11. The number of ketones is 1. The summed E-state index contributed by atoms with van der Waals surface area (Å²) in [6, 6.07) is 10.6. The summed E-state index contributed by atoms with van der Waals surface area (Å²) in [5.74, 6) is 0.553. The highest BCUT2D eigenvalue weighted by atomic mass is 16.2. The van der Waals surface area contributed by atoms with E-state index in [4.69, 9.17) is 0 Å².